The van der Waals surface area contributed by atoms with E-state index in [2.05, 4.69) is 37.7 Å². The molecule has 7 nitrogen and oxygen atoms in total. The third-order valence-electron chi connectivity index (χ3n) is 5.68. The number of pyridine rings is 1. The first-order valence-electron chi connectivity index (χ1n) is 10.5. The van der Waals surface area contributed by atoms with Gasteiger partial charge in [-0.05, 0) is 49.9 Å². The van der Waals surface area contributed by atoms with Gasteiger partial charge >= 0.3 is 0 Å². The summed E-state index contributed by atoms with van der Waals surface area (Å²) in [6, 6.07) is 6.26. The monoisotopic (exact) mass is 418 g/mol. The van der Waals surface area contributed by atoms with Crippen LogP contribution in [-0.4, -0.2) is 46.9 Å². The smallest absolute Gasteiger partial charge is 0.272 e. The minimum Gasteiger partial charge on any atom is -0.357 e. The molecule has 0 saturated carbocycles. The highest BCUT2D eigenvalue weighted by Gasteiger charge is 2.17. The van der Waals surface area contributed by atoms with Crippen LogP contribution in [0.2, 0.25) is 0 Å². The molecule has 158 valence electrons. The third kappa shape index (κ3) is 5.70. The zero-order chi connectivity index (χ0) is 19.2. The van der Waals surface area contributed by atoms with E-state index in [1.54, 1.807) is 6.07 Å². The van der Waals surface area contributed by atoms with Gasteiger partial charge in [0, 0.05) is 38.6 Å². The number of nitrogens with one attached hydrogen (secondary N) is 2. The van der Waals surface area contributed by atoms with E-state index in [1.807, 2.05) is 17.1 Å². The van der Waals surface area contributed by atoms with Crippen molar-refractivity contribution in [3.05, 3.63) is 41.9 Å². The Morgan fingerprint density at radius 2 is 1.97 bits per heavy atom. The number of carbonyl (C=O) groups is 1. The maximum Gasteiger partial charge on any atom is 0.272 e. The second-order valence-electron chi connectivity index (χ2n) is 7.79. The highest BCUT2D eigenvalue weighted by molar-refractivity contribution is 5.92. The number of hydrogen-bond donors (Lipinski definition) is 2. The standard InChI is InChI=1S/C21H30N6O.ClH/c28-21(19-9-13-27(25-19)18-6-5-10-22-16-18)24-15-17-7-8-20(23-14-17)26-11-3-1-2-4-12-26;/h7-9,13-14,18,22H,1-6,10-12,15-16H2,(H,24,28);1H. The largest absolute Gasteiger partial charge is 0.357 e. The number of aromatic nitrogens is 3. The molecule has 2 aliphatic rings. The highest BCUT2D eigenvalue weighted by Crippen LogP contribution is 2.18. The fourth-order valence-electron chi connectivity index (χ4n) is 4.00. The zero-order valence-corrected chi connectivity index (χ0v) is 17.7. The van der Waals surface area contributed by atoms with Gasteiger partial charge < -0.3 is 15.5 Å². The van der Waals surface area contributed by atoms with Crippen molar-refractivity contribution in [2.45, 2.75) is 51.1 Å². The molecule has 2 aromatic rings. The van der Waals surface area contributed by atoms with Gasteiger partial charge in [-0.3, -0.25) is 9.48 Å². The molecule has 29 heavy (non-hydrogen) atoms. The summed E-state index contributed by atoms with van der Waals surface area (Å²) in [5.74, 6) is 0.899. The quantitative estimate of drug-likeness (QED) is 0.780. The Hall–Kier alpha value is -2.12. The first-order chi connectivity index (χ1) is 13.8. The molecule has 0 spiro atoms. The molecule has 1 atom stereocenters. The summed E-state index contributed by atoms with van der Waals surface area (Å²) in [7, 11) is 0. The summed E-state index contributed by atoms with van der Waals surface area (Å²) >= 11 is 0. The molecule has 0 bridgehead atoms. The van der Waals surface area contributed by atoms with Crippen LogP contribution in [-0.2, 0) is 6.54 Å². The van der Waals surface area contributed by atoms with Gasteiger partial charge in [0.15, 0.2) is 0 Å². The predicted molar refractivity (Wildman–Crippen MR) is 117 cm³/mol. The van der Waals surface area contributed by atoms with Gasteiger partial charge in [0.25, 0.3) is 5.91 Å². The lowest BCUT2D eigenvalue weighted by Crippen LogP contribution is -2.32. The first-order valence-corrected chi connectivity index (χ1v) is 10.5. The van der Waals surface area contributed by atoms with Gasteiger partial charge in [-0.1, -0.05) is 18.9 Å². The molecule has 0 aliphatic carbocycles. The van der Waals surface area contributed by atoms with Crippen LogP contribution in [0.15, 0.2) is 30.6 Å². The van der Waals surface area contributed by atoms with Gasteiger partial charge in [-0.15, -0.1) is 12.4 Å². The molecule has 2 aromatic heterocycles. The van der Waals surface area contributed by atoms with Gasteiger partial charge in [0.05, 0.1) is 6.04 Å². The topological polar surface area (TPSA) is 75.1 Å². The lowest BCUT2D eigenvalue weighted by Gasteiger charge is -2.22. The molecule has 2 saturated heterocycles. The Morgan fingerprint density at radius 3 is 2.66 bits per heavy atom. The van der Waals surface area contributed by atoms with Crippen LogP contribution in [0.5, 0.6) is 0 Å². The molecule has 1 unspecified atom stereocenters. The molecule has 0 radical (unpaired) electrons. The number of hydrogen-bond acceptors (Lipinski definition) is 5. The molecule has 4 heterocycles. The minimum absolute atomic E-state index is 0. The van der Waals surface area contributed by atoms with Crippen LogP contribution in [0.3, 0.4) is 0 Å². The number of amides is 1. The van der Waals surface area contributed by atoms with E-state index in [0.29, 0.717) is 18.3 Å². The molecule has 2 N–H and O–H groups in total. The van der Waals surface area contributed by atoms with Crippen LogP contribution >= 0.6 is 12.4 Å². The summed E-state index contributed by atoms with van der Waals surface area (Å²) in [6.07, 6.45) is 11.1. The maximum absolute atomic E-state index is 12.4. The zero-order valence-electron chi connectivity index (χ0n) is 16.8. The molecule has 0 aromatic carbocycles. The van der Waals surface area contributed by atoms with Crippen molar-refractivity contribution < 1.29 is 4.79 Å². The number of halogens is 1. The summed E-state index contributed by atoms with van der Waals surface area (Å²) in [5, 5.41) is 10.8. The van der Waals surface area contributed by atoms with Crippen LogP contribution in [0.4, 0.5) is 5.82 Å². The molecule has 8 heteroatoms. The molecule has 1 amide bonds. The number of rotatable bonds is 5. The first kappa shape index (κ1) is 21.6. The lowest BCUT2D eigenvalue weighted by atomic mass is 10.1. The molecular weight excluding hydrogens is 388 g/mol. The molecule has 4 rings (SSSR count). The van der Waals surface area contributed by atoms with Crippen molar-refractivity contribution in [3.63, 3.8) is 0 Å². The number of anilines is 1. The highest BCUT2D eigenvalue weighted by atomic mass is 35.5. The van der Waals surface area contributed by atoms with E-state index >= 15 is 0 Å². The van der Waals surface area contributed by atoms with Gasteiger partial charge in [0.1, 0.15) is 11.5 Å². The van der Waals surface area contributed by atoms with Crippen LogP contribution in [0, 0.1) is 0 Å². The predicted octanol–water partition coefficient (Wildman–Crippen LogP) is 2.93. The lowest BCUT2D eigenvalue weighted by molar-refractivity contribution is 0.0944. The normalized spacial score (nSPS) is 19.9. The Bertz CT molecular complexity index is 764. The van der Waals surface area contributed by atoms with E-state index in [4.69, 9.17) is 0 Å². The Labute approximate surface area is 178 Å². The van der Waals surface area contributed by atoms with Crippen molar-refractivity contribution >= 4 is 24.1 Å². The number of piperidine rings is 1. The van der Waals surface area contributed by atoms with Crippen LogP contribution in [0.1, 0.15) is 60.6 Å². The molecular formula is C21H31ClN6O. The Morgan fingerprint density at radius 1 is 1.14 bits per heavy atom. The van der Waals surface area contributed by atoms with E-state index < -0.39 is 0 Å². The Balaban J connectivity index is 0.00000240. The van der Waals surface area contributed by atoms with E-state index in [-0.39, 0.29) is 18.3 Å². The number of nitrogens with zero attached hydrogens (tertiary/aromatic N) is 4. The van der Waals surface area contributed by atoms with Crippen molar-refractivity contribution in [2.24, 2.45) is 0 Å². The van der Waals surface area contributed by atoms with Crippen molar-refractivity contribution in [3.8, 4) is 0 Å². The van der Waals surface area contributed by atoms with Crippen molar-refractivity contribution in [1.29, 1.82) is 0 Å². The van der Waals surface area contributed by atoms with E-state index in [9.17, 15) is 4.79 Å². The van der Waals surface area contributed by atoms with Crippen LogP contribution < -0.4 is 15.5 Å². The number of carbonyl (C=O) groups excluding carboxylic acids is 1. The Kier molecular flexibility index (Phi) is 7.89. The van der Waals surface area contributed by atoms with Gasteiger partial charge in [0.2, 0.25) is 0 Å². The van der Waals surface area contributed by atoms with Gasteiger partial charge in [-0.2, -0.15) is 5.10 Å². The summed E-state index contributed by atoms with van der Waals surface area (Å²) in [4.78, 5) is 19.4. The summed E-state index contributed by atoms with van der Waals surface area (Å²) in [6.45, 7) is 4.61. The maximum atomic E-state index is 12.4. The molecule has 2 aliphatic heterocycles. The van der Waals surface area contributed by atoms with Crippen LogP contribution in [0.25, 0.3) is 0 Å². The van der Waals surface area contributed by atoms with E-state index in [1.165, 1.54) is 25.7 Å². The summed E-state index contributed by atoms with van der Waals surface area (Å²) < 4.78 is 1.92. The fourth-order valence-corrected chi connectivity index (χ4v) is 4.00. The minimum atomic E-state index is -0.140. The molecule has 2 fully saturated rings. The second kappa shape index (κ2) is 10.6. The average Bonchev–Trinajstić information content (AvgIpc) is 3.09. The SMILES string of the molecule is Cl.O=C(NCc1ccc(N2CCCCCC2)nc1)c1ccn(C2CCCNC2)n1. The van der Waals surface area contributed by atoms with E-state index in [0.717, 1.165) is 50.4 Å². The van der Waals surface area contributed by atoms with Gasteiger partial charge in [-0.25, -0.2) is 4.98 Å². The second-order valence-corrected chi connectivity index (χ2v) is 7.79. The van der Waals surface area contributed by atoms with Crippen molar-refractivity contribution in [2.75, 3.05) is 31.1 Å². The average molecular weight is 419 g/mol. The fraction of sp³-hybridized carbons (Fsp3) is 0.571. The summed E-state index contributed by atoms with van der Waals surface area (Å²) in [5.41, 5.74) is 1.47. The van der Waals surface area contributed by atoms with Crippen molar-refractivity contribution in [1.82, 2.24) is 25.4 Å². The third-order valence-corrected chi connectivity index (χ3v) is 5.68.